The Kier molecular flexibility index (Phi) is 6.12. The van der Waals surface area contributed by atoms with Crippen LogP contribution in [0, 0.1) is 0 Å². The number of carbonyl (C=O) groups is 1. The molecule has 0 spiro atoms. The molecule has 7 nitrogen and oxygen atoms in total. The molecule has 9 heteroatoms. The lowest BCUT2D eigenvalue weighted by Crippen LogP contribution is -2.17. The van der Waals surface area contributed by atoms with Crippen LogP contribution in [-0.2, 0) is 14.8 Å². The number of rotatable bonds is 6. The smallest absolute Gasteiger partial charge is 0.238 e. The van der Waals surface area contributed by atoms with Crippen LogP contribution in [-0.4, -0.2) is 29.6 Å². The van der Waals surface area contributed by atoms with Crippen LogP contribution in [0.4, 0.5) is 5.69 Å². The predicted octanol–water partition coefficient (Wildman–Crippen LogP) is 3.92. The summed E-state index contributed by atoms with van der Waals surface area (Å²) in [7, 11) is -3.75. The van der Waals surface area contributed by atoms with Crippen LogP contribution < -0.4 is 10.5 Å². The topological polar surface area (TPSA) is 107 Å². The van der Waals surface area contributed by atoms with Gasteiger partial charge in [-0.25, -0.2) is 18.5 Å². The van der Waals surface area contributed by atoms with E-state index in [1.807, 2.05) is 18.2 Å². The standard InChI is InChI=1S/C21H24N4O3S2/c22-30(27,28)17-12-10-15(11-13-17)23-20(26)14-29-21-24-18-8-4-5-9-19(18)25(21)16-6-2-1-3-7-16/h4-5,8-13,16H,1-3,6-7,14H2,(H,23,26)(H2,22,27,28). The Labute approximate surface area is 180 Å². The third kappa shape index (κ3) is 4.69. The van der Waals surface area contributed by atoms with Crippen LogP contribution in [0.1, 0.15) is 38.1 Å². The van der Waals surface area contributed by atoms with E-state index in [-0.39, 0.29) is 16.6 Å². The first kappa shape index (κ1) is 20.9. The van der Waals surface area contributed by atoms with Crippen molar-refractivity contribution in [2.75, 3.05) is 11.1 Å². The fraction of sp³-hybridized carbons (Fsp3) is 0.333. The van der Waals surface area contributed by atoms with Gasteiger partial charge in [0.2, 0.25) is 15.9 Å². The number of benzene rings is 2. The lowest BCUT2D eigenvalue weighted by Gasteiger charge is -2.25. The average molecular weight is 445 g/mol. The number of thioether (sulfide) groups is 1. The number of amides is 1. The van der Waals surface area contributed by atoms with Gasteiger partial charge in [-0.3, -0.25) is 4.79 Å². The molecule has 3 N–H and O–H groups in total. The first-order chi connectivity index (χ1) is 14.4. The van der Waals surface area contributed by atoms with Crippen molar-refractivity contribution in [3.8, 4) is 0 Å². The number of para-hydroxylation sites is 2. The molecule has 1 aliphatic carbocycles. The van der Waals surface area contributed by atoms with Gasteiger partial charge in [0.1, 0.15) is 0 Å². The van der Waals surface area contributed by atoms with E-state index < -0.39 is 10.0 Å². The Bertz CT molecular complexity index is 1150. The number of nitrogens with two attached hydrogens (primary N) is 1. The number of primary sulfonamides is 1. The van der Waals surface area contributed by atoms with E-state index in [9.17, 15) is 13.2 Å². The van der Waals surface area contributed by atoms with Crippen LogP contribution >= 0.6 is 11.8 Å². The number of hydrogen-bond donors (Lipinski definition) is 2. The molecule has 2 aromatic carbocycles. The van der Waals surface area contributed by atoms with E-state index in [0.717, 1.165) is 29.0 Å². The minimum atomic E-state index is -3.75. The fourth-order valence-corrected chi connectivity index (χ4v) is 5.27. The van der Waals surface area contributed by atoms with Gasteiger partial charge in [0.05, 0.1) is 21.7 Å². The molecule has 1 saturated carbocycles. The maximum absolute atomic E-state index is 12.5. The number of anilines is 1. The minimum Gasteiger partial charge on any atom is -0.325 e. The third-order valence-corrected chi connectivity index (χ3v) is 7.18. The average Bonchev–Trinajstić information content (AvgIpc) is 3.11. The van der Waals surface area contributed by atoms with E-state index in [2.05, 4.69) is 16.0 Å². The predicted molar refractivity (Wildman–Crippen MR) is 119 cm³/mol. The van der Waals surface area contributed by atoms with Crippen molar-refractivity contribution in [2.45, 2.75) is 48.2 Å². The number of carbonyl (C=O) groups excluding carboxylic acids is 1. The van der Waals surface area contributed by atoms with E-state index in [4.69, 9.17) is 10.1 Å². The van der Waals surface area contributed by atoms with Crippen LogP contribution in [0.5, 0.6) is 0 Å². The molecular formula is C21H24N4O3S2. The number of nitrogens with one attached hydrogen (secondary N) is 1. The van der Waals surface area contributed by atoms with Gasteiger partial charge in [-0.15, -0.1) is 0 Å². The Morgan fingerprint density at radius 3 is 2.50 bits per heavy atom. The molecule has 1 heterocycles. The van der Waals surface area contributed by atoms with Crippen molar-refractivity contribution in [2.24, 2.45) is 5.14 Å². The Morgan fingerprint density at radius 1 is 1.10 bits per heavy atom. The van der Waals surface area contributed by atoms with Gasteiger partial charge in [-0.05, 0) is 49.2 Å². The zero-order chi connectivity index (χ0) is 21.1. The molecule has 0 bridgehead atoms. The molecule has 3 aromatic rings. The maximum Gasteiger partial charge on any atom is 0.238 e. The molecular weight excluding hydrogens is 420 g/mol. The van der Waals surface area contributed by atoms with Crippen molar-refractivity contribution in [3.05, 3.63) is 48.5 Å². The molecule has 0 aliphatic heterocycles. The van der Waals surface area contributed by atoms with E-state index in [1.165, 1.54) is 55.3 Å². The first-order valence-corrected chi connectivity index (χ1v) is 12.5. The highest BCUT2D eigenvalue weighted by Gasteiger charge is 2.22. The maximum atomic E-state index is 12.5. The highest BCUT2D eigenvalue weighted by molar-refractivity contribution is 7.99. The van der Waals surface area contributed by atoms with Gasteiger partial charge in [-0.2, -0.15) is 0 Å². The van der Waals surface area contributed by atoms with Crippen LogP contribution in [0.3, 0.4) is 0 Å². The molecule has 0 saturated heterocycles. The summed E-state index contributed by atoms with van der Waals surface area (Å²) < 4.78 is 25.0. The Morgan fingerprint density at radius 2 is 1.80 bits per heavy atom. The summed E-state index contributed by atoms with van der Waals surface area (Å²) in [5, 5.41) is 8.75. The zero-order valence-electron chi connectivity index (χ0n) is 16.5. The van der Waals surface area contributed by atoms with E-state index in [1.54, 1.807) is 0 Å². The lowest BCUT2D eigenvalue weighted by molar-refractivity contribution is -0.113. The highest BCUT2D eigenvalue weighted by Crippen LogP contribution is 2.35. The van der Waals surface area contributed by atoms with Gasteiger partial charge in [0.25, 0.3) is 0 Å². The third-order valence-electron chi connectivity index (χ3n) is 5.30. The molecule has 1 amide bonds. The second kappa shape index (κ2) is 8.79. The minimum absolute atomic E-state index is 0.0103. The van der Waals surface area contributed by atoms with Crippen LogP contribution in [0.2, 0.25) is 0 Å². The number of hydrogen-bond acceptors (Lipinski definition) is 5. The fourth-order valence-electron chi connectivity index (χ4n) is 3.87. The Hall–Kier alpha value is -2.36. The van der Waals surface area contributed by atoms with E-state index >= 15 is 0 Å². The number of sulfonamides is 1. The molecule has 4 rings (SSSR count). The number of aromatic nitrogens is 2. The summed E-state index contributed by atoms with van der Waals surface area (Å²) in [6.45, 7) is 0. The van der Waals surface area contributed by atoms with Gasteiger partial charge < -0.3 is 9.88 Å². The summed E-state index contributed by atoms with van der Waals surface area (Å²) in [6, 6.07) is 14.3. The summed E-state index contributed by atoms with van der Waals surface area (Å²) in [5.41, 5.74) is 2.59. The second-order valence-corrected chi connectivity index (χ2v) is 9.96. The van der Waals surface area contributed by atoms with Crippen LogP contribution in [0.25, 0.3) is 11.0 Å². The summed E-state index contributed by atoms with van der Waals surface area (Å²) in [4.78, 5) is 17.2. The Balaban J connectivity index is 1.47. The van der Waals surface area contributed by atoms with Crippen molar-refractivity contribution < 1.29 is 13.2 Å². The van der Waals surface area contributed by atoms with Gasteiger partial charge in [0, 0.05) is 11.7 Å². The lowest BCUT2D eigenvalue weighted by atomic mass is 9.95. The van der Waals surface area contributed by atoms with Gasteiger partial charge in [-0.1, -0.05) is 43.2 Å². The first-order valence-electron chi connectivity index (χ1n) is 9.94. The monoisotopic (exact) mass is 444 g/mol. The largest absolute Gasteiger partial charge is 0.325 e. The summed E-state index contributed by atoms with van der Waals surface area (Å²) >= 11 is 1.43. The van der Waals surface area contributed by atoms with Crippen molar-refractivity contribution in [1.29, 1.82) is 0 Å². The SMILES string of the molecule is NS(=O)(=O)c1ccc(NC(=O)CSc2nc3ccccc3n2C2CCCCC2)cc1. The highest BCUT2D eigenvalue weighted by atomic mass is 32.2. The summed E-state index contributed by atoms with van der Waals surface area (Å²) in [6.07, 6.45) is 5.98. The van der Waals surface area contributed by atoms with Crippen molar-refractivity contribution >= 4 is 44.4 Å². The van der Waals surface area contributed by atoms with Gasteiger partial charge in [0.15, 0.2) is 5.16 Å². The molecule has 0 radical (unpaired) electrons. The van der Waals surface area contributed by atoms with E-state index in [0.29, 0.717) is 11.7 Å². The molecule has 0 unspecified atom stereocenters. The molecule has 1 fully saturated rings. The normalized spacial score (nSPS) is 15.4. The van der Waals surface area contributed by atoms with Crippen molar-refractivity contribution in [3.63, 3.8) is 0 Å². The van der Waals surface area contributed by atoms with Crippen molar-refractivity contribution in [1.82, 2.24) is 9.55 Å². The van der Waals surface area contributed by atoms with Gasteiger partial charge >= 0.3 is 0 Å². The molecule has 30 heavy (non-hydrogen) atoms. The van der Waals surface area contributed by atoms with Crippen LogP contribution in [0.15, 0.2) is 58.6 Å². The molecule has 1 aromatic heterocycles. The second-order valence-electron chi connectivity index (χ2n) is 7.45. The molecule has 1 aliphatic rings. The molecule has 0 atom stereocenters. The summed E-state index contributed by atoms with van der Waals surface area (Å²) in [5.74, 6) is 0.0399. The number of imidazole rings is 1. The quantitative estimate of drug-likeness (QED) is 0.561. The zero-order valence-corrected chi connectivity index (χ0v) is 18.1. The number of nitrogens with zero attached hydrogens (tertiary/aromatic N) is 2. The molecule has 158 valence electrons. The number of fused-ring (bicyclic) bond motifs is 1.